The van der Waals surface area contributed by atoms with Gasteiger partial charge in [-0.15, -0.1) is 0 Å². The number of ether oxygens (including phenoxy) is 1. The Kier molecular flexibility index (Phi) is 4.99. The minimum absolute atomic E-state index is 0.0127. The molecule has 0 atom stereocenters. The fourth-order valence-corrected chi connectivity index (χ4v) is 4.50. The second-order valence-electron chi connectivity index (χ2n) is 8.01. The molecule has 6 nitrogen and oxygen atoms in total. The maximum atomic E-state index is 12.6. The van der Waals surface area contributed by atoms with Crippen LogP contribution in [0.15, 0.2) is 46.9 Å². The Bertz CT molecular complexity index is 1070. The van der Waals surface area contributed by atoms with E-state index in [0.29, 0.717) is 31.9 Å². The zero-order chi connectivity index (χ0) is 20.5. The van der Waals surface area contributed by atoms with Crippen molar-refractivity contribution in [2.45, 2.75) is 25.7 Å². The molecule has 1 saturated heterocycles. The van der Waals surface area contributed by atoms with Crippen molar-refractivity contribution >= 4 is 22.6 Å². The number of phenolic OH excluding ortho intramolecular Hbond substituents is 1. The van der Waals surface area contributed by atoms with Crippen LogP contribution in [0.4, 0.5) is 5.69 Å². The van der Waals surface area contributed by atoms with Gasteiger partial charge >= 0.3 is 0 Å². The van der Waals surface area contributed by atoms with Crippen LogP contribution in [0, 0.1) is 0 Å². The highest BCUT2D eigenvalue weighted by atomic mass is 16.5. The summed E-state index contributed by atoms with van der Waals surface area (Å²) in [6, 6.07) is 13.1. The van der Waals surface area contributed by atoms with Gasteiger partial charge in [-0.1, -0.05) is 12.1 Å². The molecule has 0 unspecified atom stereocenters. The molecule has 5 rings (SSSR count). The van der Waals surface area contributed by atoms with E-state index in [-0.39, 0.29) is 18.3 Å². The van der Waals surface area contributed by atoms with Gasteiger partial charge in [-0.25, -0.2) is 0 Å². The number of phenols is 1. The normalized spacial score (nSPS) is 16.5. The molecule has 1 N–H and O–H groups in total. The monoisotopic (exact) mass is 406 g/mol. The van der Waals surface area contributed by atoms with Crippen molar-refractivity contribution in [1.82, 2.24) is 4.90 Å². The van der Waals surface area contributed by atoms with Gasteiger partial charge in [-0.2, -0.15) is 0 Å². The number of rotatable bonds is 4. The Balaban J connectivity index is 1.19. The predicted molar refractivity (Wildman–Crippen MR) is 115 cm³/mol. The quantitative estimate of drug-likeness (QED) is 0.715. The summed E-state index contributed by atoms with van der Waals surface area (Å²) in [6.07, 6.45) is 4.43. The van der Waals surface area contributed by atoms with Crippen LogP contribution < -0.4 is 9.64 Å². The van der Waals surface area contributed by atoms with E-state index in [9.17, 15) is 9.90 Å². The molecule has 1 aromatic heterocycles. The average Bonchev–Trinajstić information content (AvgIpc) is 3.16. The summed E-state index contributed by atoms with van der Waals surface area (Å²) in [5.41, 5.74) is 3.02. The third kappa shape index (κ3) is 3.58. The third-order valence-corrected chi connectivity index (χ3v) is 6.14. The molecule has 1 amide bonds. The second kappa shape index (κ2) is 7.94. The van der Waals surface area contributed by atoms with Crippen LogP contribution in [-0.2, 0) is 17.6 Å². The summed E-state index contributed by atoms with van der Waals surface area (Å²) >= 11 is 0. The van der Waals surface area contributed by atoms with Gasteiger partial charge in [0.25, 0.3) is 5.91 Å². The van der Waals surface area contributed by atoms with Gasteiger partial charge in [-0.3, -0.25) is 4.79 Å². The van der Waals surface area contributed by atoms with Crippen molar-refractivity contribution in [2.75, 3.05) is 37.7 Å². The number of hydrogen-bond donors (Lipinski definition) is 1. The number of benzene rings is 2. The van der Waals surface area contributed by atoms with Crippen molar-refractivity contribution in [1.29, 1.82) is 0 Å². The number of anilines is 1. The standard InChI is InChI=1S/C24H26N2O4/c27-21-7-3-2-6-20(21)25-11-13-26(14-12-25)24(28)16-29-17-9-10-23-19(15-17)18-5-1-4-8-22(18)30-23/h2-3,6-7,9-10,15,27H,1,4-5,8,11-14,16H2. The lowest BCUT2D eigenvalue weighted by atomic mass is 9.96. The summed E-state index contributed by atoms with van der Waals surface area (Å²) < 4.78 is 11.8. The number of fused-ring (bicyclic) bond motifs is 3. The predicted octanol–water partition coefficient (Wildman–Crippen LogP) is 3.74. The molecule has 6 heteroatoms. The molecule has 0 spiro atoms. The molecule has 0 bridgehead atoms. The molecule has 0 saturated carbocycles. The summed E-state index contributed by atoms with van der Waals surface area (Å²) in [5, 5.41) is 11.1. The van der Waals surface area contributed by atoms with E-state index in [2.05, 4.69) is 4.90 Å². The number of hydrogen-bond acceptors (Lipinski definition) is 5. The fourth-order valence-electron chi connectivity index (χ4n) is 4.50. The Morgan fingerprint density at radius 1 is 1.03 bits per heavy atom. The second-order valence-corrected chi connectivity index (χ2v) is 8.01. The van der Waals surface area contributed by atoms with Crippen LogP contribution in [0.2, 0.25) is 0 Å². The average molecular weight is 406 g/mol. The molecule has 1 fully saturated rings. The zero-order valence-electron chi connectivity index (χ0n) is 17.0. The number of amides is 1. The Labute approximate surface area is 175 Å². The molecule has 2 heterocycles. The van der Waals surface area contributed by atoms with Crippen molar-refractivity contribution in [2.24, 2.45) is 0 Å². The minimum Gasteiger partial charge on any atom is -0.506 e. The number of aromatic hydroxyl groups is 1. The van der Waals surface area contributed by atoms with Gasteiger partial charge in [0.2, 0.25) is 0 Å². The molecule has 0 radical (unpaired) electrons. The Morgan fingerprint density at radius 3 is 2.67 bits per heavy atom. The minimum atomic E-state index is -0.0127. The lowest BCUT2D eigenvalue weighted by Crippen LogP contribution is -2.50. The molecule has 156 valence electrons. The maximum absolute atomic E-state index is 12.6. The number of nitrogens with zero attached hydrogens (tertiary/aromatic N) is 2. The lowest BCUT2D eigenvalue weighted by Gasteiger charge is -2.36. The van der Waals surface area contributed by atoms with Gasteiger partial charge in [-0.05, 0) is 49.6 Å². The molecular weight excluding hydrogens is 380 g/mol. The van der Waals surface area contributed by atoms with Gasteiger partial charge in [0.1, 0.15) is 22.8 Å². The number of para-hydroxylation sites is 2. The number of carbonyl (C=O) groups is 1. The molecule has 3 aromatic rings. The first-order valence-corrected chi connectivity index (χ1v) is 10.7. The summed E-state index contributed by atoms with van der Waals surface area (Å²) in [7, 11) is 0. The van der Waals surface area contributed by atoms with Crippen LogP contribution >= 0.6 is 0 Å². The zero-order valence-corrected chi connectivity index (χ0v) is 17.0. The SMILES string of the molecule is O=C(COc1ccc2oc3c(c2c1)CCCC3)N1CCN(c2ccccc2O)CC1. The third-order valence-electron chi connectivity index (χ3n) is 6.14. The van der Waals surface area contributed by atoms with E-state index >= 15 is 0 Å². The number of piperazine rings is 1. The molecule has 1 aliphatic heterocycles. The van der Waals surface area contributed by atoms with Crippen LogP contribution in [-0.4, -0.2) is 48.7 Å². The highest BCUT2D eigenvalue weighted by Gasteiger charge is 2.23. The summed E-state index contributed by atoms with van der Waals surface area (Å²) in [4.78, 5) is 16.6. The largest absolute Gasteiger partial charge is 0.506 e. The smallest absolute Gasteiger partial charge is 0.260 e. The van der Waals surface area contributed by atoms with E-state index in [0.717, 1.165) is 35.3 Å². The van der Waals surface area contributed by atoms with Crippen LogP contribution in [0.5, 0.6) is 11.5 Å². The van der Waals surface area contributed by atoms with Crippen LogP contribution in [0.3, 0.4) is 0 Å². The van der Waals surface area contributed by atoms with Crippen molar-refractivity contribution in [3.8, 4) is 11.5 Å². The first kappa shape index (κ1) is 18.9. The van der Waals surface area contributed by atoms with E-state index in [4.69, 9.17) is 9.15 Å². The van der Waals surface area contributed by atoms with Crippen LogP contribution in [0.1, 0.15) is 24.2 Å². The topological polar surface area (TPSA) is 66.2 Å². The first-order valence-electron chi connectivity index (χ1n) is 10.7. The van der Waals surface area contributed by atoms with Crippen molar-refractivity contribution in [3.63, 3.8) is 0 Å². The number of furan rings is 1. The maximum Gasteiger partial charge on any atom is 0.260 e. The van der Waals surface area contributed by atoms with E-state index in [1.807, 2.05) is 41.3 Å². The van der Waals surface area contributed by atoms with E-state index in [1.165, 1.54) is 18.4 Å². The summed E-state index contributed by atoms with van der Waals surface area (Å²) in [6.45, 7) is 2.64. The summed E-state index contributed by atoms with van der Waals surface area (Å²) in [5.74, 6) is 2.07. The molecule has 2 aromatic carbocycles. The number of aryl methyl sites for hydroxylation is 2. The first-order chi connectivity index (χ1) is 14.7. The highest BCUT2D eigenvalue weighted by molar-refractivity contribution is 5.84. The van der Waals surface area contributed by atoms with Crippen molar-refractivity contribution < 1.29 is 19.1 Å². The van der Waals surface area contributed by atoms with Gasteiger partial charge in [0.05, 0.1) is 5.69 Å². The Morgan fingerprint density at radius 2 is 1.83 bits per heavy atom. The molecule has 1 aliphatic carbocycles. The van der Waals surface area contributed by atoms with Gasteiger partial charge in [0, 0.05) is 43.5 Å². The molecular formula is C24H26N2O4. The Hall–Kier alpha value is -3.15. The van der Waals surface area contributed by atoms with Gasteiger partial charge in [0.15, 0.2) is 6.61 Å². The highest BCUT2D eigenvalue weighted by Crippen LogP contribution is 2.34. The number of carbonyl (C=O) groups excluding carboxylic acids is 1. The van der Waals surface area contributed by atoms with E-state index < -0.39 is 0 Å². The van der Waals surface area contributed by atoms with Crippen molar-refractivity contribution in [3.05, 3.63) is 53.8 Å². The van der Waals surface area contributed by atoms with E-state index in [1.54, 1.807) is 6.07 Å². The lowest BCUT2D eigenvalue weighted by molar-refractivity contribution is -0.133. The van der Waals surface area contributed by atoms with Crippen LogP contribution in [0.25, 0.3) is 11.0 Å². The van der Waals surface area contributed by atoms with Gasteiger partial charge < -0.3 is 24.1 Å². The molecule has 2 aliphatic rings. The fraction of sp³-hybridized carbons (Fsp3) is 0.375. The molecule has 30 heavy (non-hydrogen) atoms.